The molecule has 0 aliphatic rings. The van der Waals surface area contributed by atoms with Crippen LogP contribution >= 0.6 is 11.3 Å². The summed E-state index contributed by atoms with van der Waals surface area (Å²) in [6, 6.07) is 2.05. The fraction of sp³-hybridized carbons (Fsp3) is 0.231. The summed E-state index contributed by atoms with van der Waals surface area (Å²) < 4.78 is 27.1. The van der Waals surface area contributed by atoms with Crippen molar-refractivity contribution in [2.24, 2.45) is 0 Å². The van der Waals surface area contributed by atoms with Gasteiger partial charge < -0.3 is 11.1 Å². The predicted octanol–water partition coefficient (Wildman–Crippen LogP) is 2.28. The van der Waals surface area contributed by atoms with Gasteiger partial charge in [-0.3, -0.25) is 4.79 Å². The Morgan fingerprint density at radius 3 is 2.85 bits per heavy atom. The van der Waals surface area contributed by atoms with Gasteiger partial charge >= 0.3 is 0 Å². The Balaban J connectivity index is 2.00. The summed E-state index contributed by atoms with van der Waals surface area (Å²) in [6.45, 7) is 2.12. The number of rotatable bonds is 4. The number of aromatic nitrogens is 1. The van der Waals surface area contributed by atoms with Crippen LogP contribution in [0.5, 0.6) is 0 Å². The van der Waals surface area contributed by atoms with Crippen LogP contribution in [-0.2, 0) is 6.42 Å². The van der Waals surface area contributed by atoms with Crippen LogP contribution in [0.4, 0.5) is 14.5 Å². The minimum absolute atomic E-state index is 0.246. The SMILES string of the molecule is Cc1nc(CCNC(=O)c2c(F)ccc(N)c2F)cs1. The van der Waals surface area contributed by atoms with Crippen molar-refractivity contribution in [1.29, 1.82) is 0 Å². The van der Waals surface area contributed by atoms with E-state index in [1.165, 1.54) is 11.3 Å². The lowest BCUT2D eigenvalue weighted by atomic mass is 10.1. The van der Waals surface area contributed by atoms with Gasteiger partial charge in [-0.15, -0.1) is 11.3 Å². The molecule has 7 heteroatoms. The van der Waals surface area contributed by atoms with E-state index in [-0.39, 0.29) is 12.2 Å². The lowest BCUT2D eigenvalue weighted by molar-refractivity contribution is 0.0946. The van der Waals surface area contributed by atoms with Crippen LogP contribution in [0.25, 0.3) is 0 Å². The highest BCUT2D eigenvalue weighted by molar-refractivity contribution is 7.09. The molecule has 1 aromatic heterocycles. The zero-order chi connectivity index (χ0) is 14.7. The average Bonchev–Trinajstić information content (AvgIpc) is 2.80. The number of anilines is 1. The number of halogens is 2. The first-order chi connectivity index (χ1) is 9.49. The van der Waals surface area contributed by atoms with E-state index < -0.39 is 23.1 Å². The van der Waals surface area contributed by atoms with Gasteiger partial charge in [-0.05, 0) is 19.1 Å². The molecule has 1 aromatic carbocycles. The number of nitrogens with zero attached hydrogens (tertiary/aromatic N) is 1. The summed E-state index contributed by atoms with van der Waals surface area (Å²) >= 11 is 1.51. The fourth-order valence-corrected chi connectivity index (χ4v) is 2.34. The maximum absolute atomic E-state index is 13.6. The third-order valence-corrected chi connectivity index (χ3v) is 3.50. The van der Waals surface area contributed by atoms with E-state index >= 15 is 0 Å². The summed E-state index contributed by atoms with van der Waals surface area (Å²) in [5.74, 6) is -2.79. The monoisotopic (exact) mass is 297 g/mol. The van der Waals surface area contributed by atoms with Crippen molar-refractivity contribution in [1.82, 2.24) is 10.3 Å². The highest BCUT2D eigenvalue weighted by Crippen LogP contribution is 2.18. The maximum Gasteiger partial charge on any atom is 0.257 e. The molecule has 0 fully saturated rings. The molecule has 0 saturated heterocycles. The zero-order valence-electron chi connectivity index (χ0n) is 10.7. The minimum atomic E-state index is -1.04. The second kappa shape index (κ2) is 5.96. The van der Waals surface area contributed by atoms with Gasteiger partial charge in [0.25, 0.3) is 5.91 Å². The molecule has 0 atom stereocenters. The van der Waals surface area contributed by atoms with Crippen LogP contribution in [0.3, 0.4) is 0 Å². The van der Waals surface area contributed by atoms with E-state index in [2.05, 4.69) is 10.3 Å². The number of nitrogen functional groups attached to an aromatic ring is 1. The Labute approximate surface area is 118 Å². The van der Waals surface area contributed by atoms with Gasteiger partial charge in [-0.2, -0.15) is 0 Å². The number of hydrogen-bond donors (Lipinski definition) is 2. The molecule has 106 valence electrons. The molecule has 20 heavy (non-hydrogen) atoms. The minimum Gasteiger partial charge on any atom is -0.396 e. The van der Waals surface area contributed by atoms with Crippen molar-refractivity contribution in [3.63, 3.8) is 0 Å². The molecule has 1 heterocycles. The zero-order valence-corrected chi connectivity index (χ0v) is 11.6. The van der Waals surface area contributed by atoms with E-state index in [1.807, 2.05) is 12.3 Å². The van der Waals surface area contributed by atoms with Gasteiger partial charge in [0.15, 0.2) is 5.82 Å². The molecule has 2 aromatic rings. The van der Waals surface area contributed by atoms with Gasteiger partial charge in [0.2, 0.25) is 0 Å². The quantitative estimate of drug-likeness (QED) is 0.851. The molecule has 0 aliphatic carbocycles. The number of carbonyl (C=O) groups excluding carboxylic acids is 1. The highest BCUT2D eigenvalue weighted by Gasteiger charge is 2.19. The fourth-order valence-electron chi connectivity index (χ4n) is 1.69. The Bertz CT molecular complexity index is 643. The molecule has 1 amide bonds. The number of benzene rings is 1. The van der Waals surface area contributed by atoms with Crippen LogP contribution in [0, 0.1) is 18.6 Å². The number of aryl methyl sites for hydroxylation is 1. The van der Waals surface area contributed by atoms with Crippen molar-refractivity contribution in [2.75, 3.05) is 12.3 Å². The van der Waals surface area contributed by atoms with Crippen molar-refractivity contribution in [3.8, 4) is 0 Å². The van der Waals surface area contributed by atoms with Gasteiger partial charge in [-0.25, -0.2) is 13.8 Å². The standard InChI is InChI=1S/C13H13F2N3OS/c1-7-18-8(6-20-7)4-5-17-13(19)11-9(14)2-3-10(16)12(11)15/h2-3,6H,4-5,16H2,1H3,(H,17,19). The molecular formula is C13H13F2N3OS. The first-order valence-corrected chi connectivity index (χ1v) is 6.79. The van der Waals surface area contributed by atoms with Crippen LogP contribution in [0.15, 0.2) is 17.5 Å². The Morgan fingerprint density at radius 1 is 1.45 bits per heavy atom. The van der Waals surface area contributed by atoms with E-state index in [4.69, 9.17) is 5.73 Å². The number of nitrogens with two attached hydrogens (primary N) is 1. The highest BCUT2D eigenvalue weighted by atomic mass is 32.1. The normalized spacial score (nSPS) is 10.6. The summed E-state index contributed by atoms with van der Waals surface area (Å²) in [6.07, 6.45) is 0.502. The lowest BCUT2D eigenvalue weighted by Crippen LogP contribution is -2.28. The van der Waals surface area contributed by atoms with Crippen molar-refractivity contribution >= 4 is 22.9 Å². The van der Waals surface area contributed by atoms with E-state index in [9.17, 15) is 13.6 Å². The first kappa shape index (κ1) is 14.4. The summed E-state index contributed by atoms with van der Waals surface area (Å²) in [4.78, 5) is 16.0. The Morgan fingerprint density at radius 2 is 2.20 bits per heavy atom. The molecule has 0 bridgehead atoms. The molecule has 0 radical (unpaired) electrons. The van der Waals surface area contributed by atoms with Crippen LogP contribution < -0.4 is 11.1 Å². The third-order valence-electron chi connectivity index (χ3n) is 2.68. The summed E-state index contributed by atoms with van der Waals surface area (Å²) in [5.41, 5.74) is 5.24. The van der Waals surface area contributed by atoms with E-state index in [0.29, 0.717) is 6.42 Å². The number of thiazole rings is 1. The number of nitrogens with one attached hydrogen (secondary N) is 1. The lowest BCUT2D eigenvalue weighted by Gasteiger charge is -2.07. The molecule has 4 nitrogen and oxygen atoms in total. The molecular weight excluding hydrogens is 284 g/mol. The molecule has 0 spiro atoms. The van der Waals surface area contributed by atoms with Crippen molar-refractivity contribution in [3.05, 3.63) is 45.4 Å². The smallest absolute Gasteiger partial charge is 0.257 e. The topological polar surface area (TPSA) is 68.0 Å². The van der Waals surface area contributed by atoms with Crippen LogP contribution in [-0.4, -0.2) is 17.4 Å². The summed E-state index contributed by atoms with van der Waals surface area (Å²) in [7, 11) is 0. The summed E-state index contributed by atoms with van der Waals surface area (Å²) in [5, 5.41) is 5.26. The maximum atomic E-state index is 13.6. The van der Waals surface area contributed by atoms with E-state index in [1.54, 1.807) is 0 Å². The molecule has 0 unspecified atom stereocenters. The van der Waals surface area contributed by atoms with Crippen molar-refractivity contribution in [2.45, 2.75) is 13.3 Å². The predicted molar refractivity (Wildman–Crippen MR) is 73.7 cm³/mol. The van der Waals surface area contributed by atoms with Crippen molar-refractivity contribution < 1.29 is 13.6 Å². The average molecular weight is 297 g/mol. The van der Waals surface area contributed by atoms with Gasteiger partial charge in [0.1, 0.15) is 11.4 Å². The second-order valence-electron chi connectivity index (χ2n) is 4.19. The molecule has 2 rings (SSSR count). The number of amides is 1. The van der Waals surface area contributed by atoms with Crippen LogP contribution in [0.1, 0.15) is 21.1 Å². The van der Waals surface area contributed by atoms with Gasteiger partial charge in [0, 0.05) is 18.3 Å². The van der Waals surface area contributed by atoms with Gasteiger partial charge in [-0.1, -0.05) is 0 Å². The van der Waals surface area contributed by atoms with Crippen LogP contribution in [0.2, 0.25) is 0 Å². The second-order valence-corrected chi connectivity index (χ2v) is 5.25. The molecule has 0 aliphatic heterocycles. The molecule has 3 N–H and O–H groups in total. The van der Waals surface area contributed by atoms with Gasteiger partial charge in [0.05, 0.1) is 16.4 Å². The number of carbonyl (C=O) groups is 1. The molecule has 0 saturated carbocycles. The number of hydrogen-bond acceptors (Lipinski definition) is 4. The Kier molecular flexibility index (Phi) is 4.29. The largest absolute Gasteiger partial charge is 0.396 e. The van der Waals surface area contributed by atoms with E-state index in [0.717, 1.165) is 22.8 Å². The Hall–Kier alpha value is -2.02. The third kappa shape index (κ3) is 3.11. The first-order valence-electron chi connectivity index (χ1n) is 5.91.